The zero-order chi connectivity index (χ0) is 91.6. The minimum atomic E-state index is -4.40. The Hall–Kier alpha value is -4.15. The van der Waals surface area contributed by atoms with E-state index in [9.17, 15) is 27.5 Å². The number of rotatable bonds is 40. The maximum Gasteiger partial charge on any atom is 0.356 e. The summed E-state index contributed by atoms with van der Waals surface area (Å²) in [6.07, 6.45) is 11.8. The Bertz CT molecular complexity index is 4080. The summed E-state index contributed by atoms with van der Waals surface area (Å²) in [4.78, 5) is 88.8. The quantitative estimate of drug-likeness (QED) is 0.00745. The number of hydrogen-bond acceptors (Lipinski definition) is 35. The lowest BCUT2D eigenvalue weighted by molar-refractivity contribution is -0.247. The number of H-pyrrole nitrogens is 1. The molecule has 1 aliphatic rings. The van der Waals surface area contributed by atoms with E-state index in [1.54, 1.807) is 75.4 Å². The van der Waals surface area contributed by atoms with Crippen molar-refractivity contribution in [3.05, 3.63) is 45.9 Å². The van der Waals surface area contributed by atoms with Crippen molar-refractivity contribution in [1.29, 1.82) is 0 Å². The number of aromatic nitrogens is 16. The number of fused-ring (bicyclic) bond motifs is 4. The van der Waals surface area contributed by atoms with Gasteiger partial charge >= 0.3 is 22.8 Å². The molecule has 1 saturated heterocycles. The predicted molar refractivity (Wildman–Crippen MR) is 463 cm³/mol. The van der Waals surface area contributed by atoms with E-state index in [0.29, 0.717) is 114 Å². The molecule has 0 saturated carbocycles. The minimum Gasteiger partial charge on any atom is -0.777 e. The summed E-state index contributed by atoms with van der Waals surface area (Å²) in [7, 11) is -16.0. The van der Waals surface area contributed by atoms with Crippen molar-refractivity contribution in [2.75, 3.05) is 159 Å². The zero-order valence-corrected chi connectivity index (χ0v) is 78.3. The SMILES string of the molecule is C1OCOCO1.CC(C)OP(=O)(COCCCl)OC(C)C.CC(C)OP(=O)(COCCn1cnc2c(Cl)nc(N)nc21)OC(C)C.CCCCN(CCCC)CCCC.ClCCOCCl.Nc1nc(Cl)c2[nH]cnc2n1.Nc1nc(Cl)c2ncn(CCOCP(=O)(O)O)c2n1.Nc1nc(Cl)c2ncn(CCOCP(=O)([O-])O)c2n1.OCCCl.[2H]CF. The third-order valence-corrected chi connectivity index (χ3v) is 19.8. The molecule has 0 aliphatic carbocycles. The van der Waals surface area contributed by atoms with Gasteiger partial charge in [-0.25, -0.2) is 19.9 Å². The van der Waals surface area contributed by atoms with Crippen molar-refractivity contribution in [1.82, 2.24) is 83.4 Å². The number of alkyl halides is 5. The fourth-order valence-electron chi connectivity index (χ4n) is 8.67. The molecule has 1 unspecified atom stereocenters. The maximum absolute atomic E-state index is 12.7. The number of ether oxygens (including phenoxy) is 8. The Kier molecular flexibility index (Phi) is 62.9. The highest BCUT2D eigenvalue weighted by Crippen LogP contribution is 2.51. The summed E-state index contributed by atoms with van der Waals surface area (Å²) in [5.41, 5.74) is 25.6. The molecule has 42 nitrogen and oxygen atoms in total. The van der Waals surface area contributed by atoms with Crippen LogP contribution >= 0.6 is 123 Å². The highest BCUT2D eigenvalue weighted by molar-refractivity contribution is 7.54. The number of anilines is 4. The van der Waals surface area contributed by atoms with Crippen LogP contribution in [-0.4, -0.2) is 264 Å². The van der Waals surface area contributed by atoms with Gasteiger partial charge in [0.25, 0.3) is 0 Å². The van der Waals surface area contributed by atoms with Crippen LogP contribution in [0.5, 0.6) is 0 Å². The minimum absolute atomic E-state index is 0.0135. The lowest BCUT2D eigenvalue weighted by Gasteiger charge is -2.22. The topological polar surface area (TPSA) is 576 Å². The fraction of sp³-hybridized carbons (Fsp3) is 0.692. The molecule has 9 heterocycles. The molecule has 13 N–H and O–H groups in total. The predicted octanol–water partition coefficient (Wildman–Crippen LogP) is 12.6. The summed E-state index contributed by atoms with van der Waals surface area (Å²) < 4.78 is 126. The maximum atomic E-state index is 12.7. The second-order valence-electron chi connectivity index (χ2n) is 24.9. The summed E-state index contributed by atoms with van der Waals surface area (Å²) in [6.45, 7) is 28.7. The average molecular weight is 1950 g/mol. The molecule has 55 heteroatoms. The van der Waals surface area contributed by atoms with Crippen LogP contribution in [0.3, 0.4) is 0 Å². The van der Waals surface area contributed by atoms with Gasteiger partial charge < -0.3 is 132 Å². The first kappa shape index (κ1) is 114. The van der Waals surface area contributed by atoms with Gasteiger partial charge in [0.15, 0.2) is 71.2 Å². The second-order valence-corrected chi connectivity index (χ2v) is 34.6. The van der Waals surface area contributed by atoms with Crippen molar-refractivity contribution >= 4 is 192 Å². The standard InChI is InChI=1S/C14H23ClN5O4P.C12H27N.C9H20ClO4P.2C8H11ClN5O4P.C5H4ClN5.C3H6Cl2O.C3H6O3.C2H5ClO.CH3F/c1-9(2)23-25(21,24-10(3)4)8-22-6-5-20-7-17-11-12(15)18-14(16)19-13(11)20;1-4-7-10-13(11-8-5-2)12-9-6-3;1-8(2)13-15(11,14-9(3)4)7-12-6-5-10;2*9-6-5-7(13-8(10)12-6)14(3-11-5)1-2-18-4-19(15,16)17;6-3-2-4(9-1-8-2)11-5(7)10-3;4-1-2-6-3-5;1-4-2-6-3-5-1;3-1-2-4;1-2/h7,9-10H,5-6,8H2,1-4H3,(H2,16,18,19);4-12H2,1-3H3;8-9H,5-7H2,1-4H3;2*3H,1-2,4H2,(H2,10,12,13)(H2,15,16,17);1H,(H3,7,8,9,10,11);2*1-3H2;4H,1-2H2;1H3/p-1/i;;;;;;;;;1D. The molecule has 0 spiro atoms. The normalized spacial score (nSPS) is 12.7. The van der Waals surface area contributed by atoms with Gasteiger partial charge in [0.05, 0.1) is 97.9 Å². The van der Waals surface area contributed by atoms with Gasteiger partial charge in [-0.05, 0) is 94.3 Å². The van der Waals surface area contributed by atoms with E-state index in [1.165, 1.54) is 77.1 Å². The monoisotopic (exact) mass is 1950 g/mol. The van der Waals surface area contributed by atoms with E-state index in [1.807, 2.05) is 0 Å². The van der Waals surface area contributed by atoms with E-state index in [2.05, 4.69) is 109 Å². The third-order valence-electron chi connectivity index (χ3n) is 13.1. The molecule has 1 fully saturated rings. The van der Waals surface area contributed by atoms with Crippen molar-refractivity contribution in [2.45, 2.75) is 159 Å². The molecule has 690 valence electrons. The van der Waals surface area contributed by atoms with E-state index in [4.69, 9.17) is 174 Å². The number of nitrogens with zero attached hydrogens (tertiary/aromatic N) is 16. The lowest BCUT2D eigenvalue weighted by atomic mass is 10.2. The van der Waals surface area contributed by atoms with Crippen LogP contribution in [0.2, 0.25) is 20.6 Å². The van der Waals surface area contributed by atoms with Crippen LogP contribution in [0.1, 0.15) is 116 Å². The molecule has 1 atom stereocenters. The summed E-state index contributed by atoms with van der Waals surface area (Å²) in [5, 5.41) is 8.53. The molecule has 9 rings (SSSR count). The first-order valence-electron chi connectivity index (χ1n) is 37.5. The van der Waals surface area contributed by atoms with E-state index in [0.717, 1.165) is 0 Å². The third kappa shape index (κ3) is 53.4. The molecular weight excluding hydrogens is 1840 g/mol. The number of nitrogens with two attached hydrogens (primary N) is 4. The summed E-state index contributed by atoms with van der Waals surface area (Å²) in [6, 6.07) is 0.243. The molecule has 0 radical (unpaired) electrons. The molecule has 0 amide bonds. The van der Waals surface area contributed by atoms with Crippen molar-refractivity contribution in [3.63, 3.8) is 0 Å². The smallest absolute Gasteiger partial charge is 0.356 e. The highest BCUT2D eigenvalue weighted by atomic mass is 35.5. The van der Waals surface area contributed by atoms with Gasteiger partial charge in [0.2, 0.25) is 23.8 Å². The summed E-state index contributed by atoms with van der Waals surface area (Å²) in [5.74, 6) is 1.47. The number of unbranched alkanes of at least 4 members (excludes halogenated alkanes) is 3. The number of aliphatic hydroxyl groups is 1. The van der Waals surface area contributed by atoms with Gasteiger partial charge in [-0.2, -0.15) is 39.9 Å². The lowest BCUT2D eigenvalue weighted by Crippen LogP contribution is -2.27. The highest BCUT2D eigenvalue weighted by Gasteiger charge is 2.30. The molecule has 120 heavy (non-hydrogen) atoms. The Balaban J connectivity index is 0.00000138. The molecule has 0 aromatic carbocycles. The molecule has 8 aromatic heterocycles. The number of hydrogen-bond donors (Lipinski definition) is 9. The average Bonchev–Trinajstić information content (AvgIpc) is 1.71. The molecule has 0 bridgehead atoms. The number of nitrogens with one attached hydrogen (secondary N) is 1. The van der Waals surface area contributed by atoms with E-state index in [-0.39, 0.29) is 115 Å². The molecular formula is C65H115Cl8FN21O21P4-. The Morgan fingerprint density at radius 1 is 0.517 bits per heavy atom. The van der Waals surface area contributed by atoms with Crippen LogP contribution < -0.4 is 27.8 Å². The van der Waals surface area contributed by atoms with Crippen molar-refractivity contribution in [3.8, 4) is 0 Å². The van der Waals surface area contributed by atoms with Crippen LogP contribution in [-0.2, 0) is 93.9 Å². The van der Waals surface area contributed by atoms with Gasteiger partial charge in [0.1, 0.15) is 53.5 Å². The number of aliphatic hydroxyl groups excluding tert-OH is 1. The van der Waals surface area contributed by atoms with Crippen LogP contribution in [0.4, 0.5) is 28.2 Å². The zero-order valence-electron chi connectivity index (χ0n) is 69.7. The number of imidazole rings is 4. The van der Waals surface area contributed by atoms with Gasteiger partial charge in [-0.15, -0.1) is 34.8 Å². The van der Waals surface area contributed by atoms with Crippen LogP contribution in [0.25, 0.3) is 44.7 Å². The molecule has 1 aliphatic heterocycles. The largest absolute Gasteiger partial charge is 0.777 e. The van der Waals surface area contributed by atoms with E-state index < -0.39 is 50.2 Å². The van der Waals surface area contributed by atoms with Gasteiger partial charge in [-0.1, -0.05) is 98.0 Å². The van der Waals surface area contributed by atoms with Crippen molar-refractivity contribution < 1.29 is 105 Å². The first-order valence-corrected chi connectivity index (χ1v) is 47.4. The van der Waals surface area contributed by atoms with Crippen LogP contribution in [0, 0.1) is 0 Å². The number of halogens is 9. The van der Waals surface area contributed by atoms with Gasteiger partial charge in [0, 0.05) is 37.3 Å². The Morgan fingerprint density at radius 2 is 0.833 bits per heavy atom. The fourth-order valence-corrected chi connectivity index (χ4v) is 14.2. The Morgan fingerprint density at radius 3 is 1.12 bits per heavy atom. The second kappa shape index (κ2) is 66.3. The molecule has 8 aromatic rings. The Labute approximate surface area is 738 Å². The number of nitrogen functional groups attached to an aromatic ring is 4. The van der Waals surface area contributed by atoms with Crippen LogP contribution in [0.15, 0.2) is 25.3 Å². The first-order chi connectivity index (χ1) is 57.2. The van der Waals surface area contributed by atoms with E-state index >= 15 is 0 Å². The van der Waals surface area contributed by atoms with Crippen molar-refractivity contribution in [2.24, 2.45) is 0 Å². The summed E-state index contributed by atoms with van der Waals surface area (Å²) >= 11 is 44.1. The number of aromatic amines is 1. The van der Waals surface area contributed by atoms with Gasteiger partial charge in [-0.3, -0.25) is 18.1 Å².